The molecule has 0 bridgehead atoms. The predicted molar refractivity (Wildman–Crippen MR) is 62.6 cm³/mol. The minimum atomic E-state index is -0.524. The normalized spacial score (nSPS) is 19.9. The van der Waals surface area contributed by atoms with Gasteiger partial charge in [-0.2, -0.15) is 0 Å². The fourth-order valence-electron chi connectivity index (χ4n) is 1.93. The first kappa shape index (κ1) is 11.8. The monoisotopic (exact) mass is 239 g/mol. The summed E-state index contributed by atoms with van der Waals surface area (Å²) in [5, 5.41) is 16.8. The van der Waals surface area contributed by atoms with E-state index in [0.29, 0.717) is 0 Å². The average Bonchev–Trinajstić information content (AvgIpc) is 2.33. The van der Waals surface area contributed by atoms with Gasteiger partial charge in [0.05, 0.1) is 10.6 Å². The van der Waals surface area contributed by atoms with Gasteiger partial charge in [0, 0.05) is 24.7 Å². The van der Waals surface area contributed by atoms with Crippen molar-refractivity contribution in [3.05, 3.63) is 34.1 Å². The van der Waals surface area contributed by atoms with Crippen LogP contribution in [0.2, 0.25) is 0 Å². The molecule has 0 saturated carbocycles. The number of hydrogen-bond donors (Lipinski definition) is 2. The molecule has 1 atom stereocenters. The standard InChI is InChI=1S/C11H14FN3O2/c12-10-4-3-9(15(16)17)6-11(10)14-8-2-1-5-13-7-8/h3-4,6,8,13-14H,1-2,5,7H2. The van der Waals surface area contributed by atoms with E-state index in [2.05, 4.69) is 10.6 Å². The molecule has 1 aromatic carbocycles. The Bertz CT molecular complexity index is 419. The Morgan fingerprint density at radius 2 is 2.35 bits per heavy atom. The highest BCUT2D eigenvalue weighted by atomic mass is 19.1. The average molecular weight is 239 g/mol. The van der Waals surface area contributed by atoms with Crippen molar-refractivity contribution in [2.24, 2.45) is 0 Å². The van der Waals surface area contributed by atoms with E-state index in [4.69, 9.17) is 0 Å². The Morgan fingerprint density at radius 1 is 1.53 bits per heavy atom. The third-order valence-electron chi connectivity index (χ3n) is 2.82. The quantitative estimate of drug-likeness (QED) is 0.624. The van der Waals surface area contributed by atoms with Crippen molar-refractivity contribution in [2.75, 3.05) is 18.4 Å². The van der Waals surface area contributed by atoms with Gasteiger partial charge in [0.2, 0.25) is 0 Å². The summed E-state index contributed by atoms with van der Waals surface area (Å²) in [7, 11) is 0. The van der Waals surface area contributed by atoms with Crippen molar-refractivity contribution >= 4 is 11.4 Å². The van der Waals surface area contributed by atoms with Crippen LogP contribution in [0.4, 0.5) is 15.8 Å². The summed E-state index contributed by atoms with van der Waals surface area (Å²) < 4.78 is 13.5. The van der Waals surface area contributed by atoms with Gasteiger partial charge >= 0.3 is 0 Å². The highest BCUT2D eigenvalue weighted by Gasteiger charge is 2.16. The summed E-state index contributed by atoms with van der Waals surface area (Å²) in [5.74, 6) is -0.457. The smallest absolute Gasteiger partial charge is 0.271 e. The van der Waals surface area contributed by atoms with Gasteiger partial charge in [-0.05, 0) is 25.5 Å². The van der Waals surface area contributed by atoms with Crippen LogP contribution in [0.1, 0.15) is 12.8 Å². The van der Waals surface area contributed by atoms with Gasteiger partial charge in [-0.1, -0.05) is 0 Å². The van der Waals surface area contributed by atoms with E-state index < -0.39 is 10.7 Å². The molecule has 17 heavy (non-hydrogen) atoms. The van der Waals surface area contributed by atoms with E-state index >= 15 is 0 Å². The fraction of sp³-hybridized carbons (Fsp3) is 0.455. The van der Waals surface area contributed by atoms with Crippen LogP contribution in [0.25, 0.3) is 0 Å². The molecule has 1 aliphatic rings. The van der Waals surface area contributed by atoms with Gasteiger partial charge in [0.1, 0.15) is 5.82 Å². The minimum Gasteiger partial charge on any atom is -0.378 e. The van der Waals surface area contributed by atoms with Crippen LogP contribution in [0, 0.1) is 15.9 Å². The lowest BCUT2D eigenvalue weighted by atomic mass is 10.1. The van der Waals surface area contributed by atoms with E-state index in [1.807, 2.05) is 0 Å². The first-order valence-corrected chi connectivity index (χ1v) is 5.58. The number of piperidine rings is 1. The van der Waals surface area contributed by atoms with Crippen LogP contribution in [0.15, 0.2) is 18.2 Å². The van der Waals surface area contributed by atoms with E-state index in [1.54, 1.807) is 0 Å². The molecule has 1 fully saturated rings. The molecular weight excluding hydrogens is 225 g/mol. The van der Waals surface area contributed by atoms with Crippen LogP contribution in [0.3, 0.4) is 0 Å². The molecule has 0 spiro atoms. The third kappa shape index (κ3) is 2.91. The van der Waals surface area contributed by atoms with E-state index in [-0.39, 0.29) is 17.4 Å². The molecule has 1 unspecified atom stereocenters. The molecule has 6 heteroatoms. The minimum absolute atomic E-state index is 0.0994. The summed E-state index contributed by atoms with van der Waals surface area (Å²) in [5.41, 5.74) is 0.102. The Morgan fingerprint density at radius 3 is 3.00 bits per heavy atom. The Hall–Kier alpha value is -1.69. The topological polar surface area (TPSA) is 67.2 Å². The number of benzene rings is 1. The Kier molecular flexibility index (Phi) is 3.53. The fourth-order valence-corrected chi connectivity index (χ4v) is 1.93. The molecule has 0 aliphatic carbocycles. The number of halogens is 1. The number of anilines is 1. The molecule has 1 heterocycles. The number of hydrogen-bond acceptors (Lipinski definition) is 4. The highest BCUT2D eigenvalue weighted by Crippen LogP contribution is 2.22. The summed E-state index contributed by atoms with van der Waals surface area (Å²) in [4.78, 5) is 10.1. The van der Waals surface area contributed by atoms with E-state index in [0.717, 1.165) is 32.0 Å². The van der Waals surface area contributed by atoms with Crippen LogP contribution in [0.5, 0.6) is 0 Å². The van der Waals surface area contributed by atoms with Crippen molar-refractivity contribution < 1.29 is 9.31 Å². The van der Waals surface area contributed by atoms with Crippen molar-refractivity contribution in [3.8, 4) is 0 Å². The first-order chi connectivity index (χ1) is 8.16. The SMILES string of the molecule is O=[N+]([O-])c1ccc(F)c(NC2CCCNC2)c1. The van der Waals surface area contributed by atoms with Crippen molar-refractivity contribution in [2.45, 2.75) is 18.9 Å². The van der Waals surface area contributed by atoms with Crippen LogP contribution in [-0.2, 0) is 0 Å². The summed E-state index contributed by atoms with van der Waals surface area (Å²) in [6.45, 7) is 1.72. The van der Waals surface area contributed by atoms with Gasteiger partial charge < -0.3 is 10.6 Å². The van der Waals surface area contributed by atoms with Crippen molar-refractivity contribution in [3.63, 3.8) is 0 Å². The molecule has 2 rings (SSSR count). The zero-order valence-corrected chi connectivity index (χ0v) is 9.28. The number of nitro benzene ring substituents is 1. The van der Waals surface area contributed by atoms with Gasteiger partial charge in [-0.25, -0.2) is 4.39 Å². The van der Waals surface area contributed by atoms with Crippen LogP contribution >= 0.6 is 0 Å². The number of nitrogens with one attached hydrogen (secondary N) is 2. The molecule has 0 radical (unpaired) electrons. The predicted octanol–water partition coefficient (Wildman–Crippen LogP) is 1.90. The second kappa shape index (κ2) is 5.09. The maximum Gasteiger partial charge on any atom is 0.271 e. The molecule has 5 nitrogen and oxygen atoms in total. The maximum atomic E-state index is 13.5. The zero-order valence-electron chi connectivity index (χ0n) is 9.28. The number of nitrogens with zero attached hydrogens (tertiary/aromatic N) is 1. The van der Waals surface area contributed by atoms with Crippen molar-refractivity contribution in [1.82, 2.24) is 5.32 Å². The number of nitro groups is 1. The number of non-ortho nitro benzene ring substituents is 1. The third-order valence-corrected chi connectivity index (χ3v) is 2.82. The lowest BCUT2D eigenvalue weighted by Crippen LogP contribution is -2.38. The van der Waals surface area contributed by atoms with Gasteiger partial charge in [-0.15, -0.1) is 0 Å². The molecule has 2 N–H and O–H groups in total. The molecule has 0 aromatic heterocycles. The molecule has 1 saturated heterocycles. The van der Waals surface area contributed by atoms with E-state index in [9.17, 15) is 14.5 Å². The second-order valence-electron chi connectivity index (χ2n) is 4.11. The van der Waals surface area contributed by atoms with Gasteiger partial charge in [0.15, 0.2) is 0 Å². The number of rotatable bonds is 3. The summed E-state index contributed by atoms with van der Waals surface area (Å²) >= 11 is 0. The van der Waals surface area contributed by atoms with Crippen LogP contribution < -0.4 is 10.6 Å². The summed E-state index contributed by atoms with van der Waals surface area (Å²) in [6.07, 6.45) is 1.96. The van der Waals surface area contributed by atoms with E-state index in [1.165, 1.54) is 12.1 Å². The van der Waals surface area contributed by atoms with Gasteiger partial charge in [0.25, 0.3) is 5.69 Å². The maximum absolute atomic E-state index is 13.5. The first-order valence-electron chi connectivity index (χ1n) is 5.58. The van der Waals surface area contributed by atoms with Crippen molar-refractivity contribution in [1.29, 1.82) is 0 Å². The molecule has 92 valence electrons. The Balaban J connectivity index is 2.13. The summed E-state index contributed by atoms with van der Waals surface area (Å²) in [6, 6.07) is 3.65. The largest absolute Gasteiger partial charge is 0.378 e. The second-order valence-corrected chi connectivity index (χ2v) is 4.11. The molecule has 1 aromatic rings. The van der Waals surface area contributed by atoms with Crippen LogP contribution in [-0.4, -0.2) is 24.1 Å². The van der Waals surface area contributed by atoms with Gasteiger partial charge in [-0.3, -0.25) is 10.1 Å². The Labute approximate surface area is 98.2 Å². The lowest BCUT2D eigenvalue weighted by Gasteiger charge is -2.24. The highest BCUT2D eigenvalue weighted by molar-refractivity contribution is 5.52. The molecule has 1 aliphatic heterocycles. The molecule has 0 amide bonds. The zero-order chi connectivity index (χ0) is 12.3. The lowest BCUT2D eigenvalue weighted by molar-refractivity contribution is -0.384. The molecular formula is C11H14FN3O2.